The molecule has 0 bridgehead atoms. The monoisotopic (exact) mass is 201 g/mol. The largest absolute Gasteiger partial charge is 0.480 e. The van der Waals surface area contributed by atoms with E-state index in [0.29, 0.717) is 0 Å². The van der Waals surface area contributed by atoms with Gasteiger partial charge in [-0.25, -0.2) is 0 Å². The highest BCUT2D eigenvalue weighted by atomic mass is 32.1. The number of nitrogens with two attached hydrogens (primary N) is 1. The second-order valence-corrected chi connectivity index (χ2v) is 4.56. The number of hydrogen-bond donors (Lipinski definition) is 5. The van der Waals surface area contributed by atoms with Gasteiger partial charge in [-0.05, 0) is 0 Å². The van der Waals surface area contributed by atoms with Crippen LogP contribution in [0.15, 0.2) is 0 Å². The van der Waals surface area contributed by atoms with Gasteiger partial charge in [0.1, 0.15) is 11.0 Å². The van der Waals surface area contributed by atoms with E-state index in [9.17, 15) is 9.36 Å². The van der Waals surface area contributed by atoms with Crippen molar-refractivity contribution in [3.8, 4) is 0 Å². The van der Waals surface area contributed by atoms with E-state index in [-0.39, 0.29) is 0 Å². The van der Waals surface area contributed by atoms with Gasteiger partial charge in [0, 0.05) is 0 Å². The Labute approximate surface area is 68.0 Å². The first-order chi connectivity index (χ1) is 4.76. The van der Waals surface area contributed by atoms with Crippen molar-refractivity contribution < 1.29 is 24.3 Å². The van der Waals surface area contributed by atoms with Crippen molar-refractivity contribution in [1.29, 1.82) is 0 Å². The number of thiol groups is 1. The quantitative estimate of drug-likeness (QED) is 0.290. The summed E-state index contributed by atoms with van der Waals surface area (Å²) in [7, 11) is -4.51. The Balaban J connectivity index is 4.38. The van der Waals surface area contributed by atoms with Crippen LogP contribution in [0.1, 0.15) is 0 Å². The van der Waals surface area contributed by atoms with Crippen molar-refractivity contribution in [1.82, 2.24) is 0 Å². The van der Waals surface area contributed by atoms with Crippen LogP contribution in [0.3, 0.4) is 0 Å². The van der Waals surface area contributed by atoms with Crippen LogP contribution in [0.5, 0.6) is 0 Å². The van der Waals surface area contributed by atoms with E-state index in [1.54, 1.807) is 0 Å². The van der Waals surface area contributed by atoms with Crippen LogP contribution in [0.4, 0.5) is 0 Å². The summed E-state index contributed by atoms with van der Waals surface area (Å²) in [6, 6.07) is -1.65. The molecule has 0 aliphatic carbocycles. The number of rotatable bonds is 3. The summed E-state index contributed by atoms with van der Waals surface area (Å²) >= 11 is 3.38. The molecule has 66 valence electrons. The lowest BCUT2D eigenvalue weighted by molar-refractivity contribution is -0.138. The summed E-state index contributed by atoms with van der Waals surface area (Å²) in [5.74, 6) is -1.49. The molecule has 0 aliphatic heterocycles. The minimum absolute atomic E-state index is 1.49. The smallest absolute Gasteiger partial charge is 0.340 e. The number of carboxylic acid groups (broad SMARTS) is 1. The third kappa shape index (κ3) is 3.22. The maximum atomic E-state index is 10.4. The van der Waals surface area contributed by atoms with Gasteiger partial charge < -0.3 is 20.6 Å². The maximum absolute atomic E-state index is 10.4. The Kier molecular flexibility index (Phi) is 3.53. The van der Waals surface area contributed by atoms with Crippen LogP contribution in [0.2, 0.25) is 0 Å². The van der Waals surface area contributed by atoms with E-state index in [4.69, 9.17) is 20.6 Å². The molecule has 8 heteroatoms. The van der Waals surface area contributed by atoms with Crippen LogP contribution in [-0.2, 0) is 9.36 Å². The maximum Gasteiger partial charge on any atom is 0.340 e. The van der Waals surface area contributed by atoms with Crippen LogP contribution in [0, 0.1) is 0 Å². The first kappa shape index (κ1) is 10.9. The van der Waals surface area contributed by atoms with Crippen molar-refractivity contribution in [2.24, 2.45) is 5.73 Å². The van der Waals surface area contributed by atoms with E-state index < -0.39 is 24.6 Å². The molecule has 5 N–H and O–H groups in total. The molecule has 0 saturated carbocycles. The second kappa shape index (κ2) is 3.55. The highest BCUT2D eigenvalue weighted by molar-refractivity contribution is 7.89. The first-order valence-corrected chi connectivity index (χ1v) is 4.68. The average Bonchev–Trinajstić information content (AvgIpc) is 1.82. The molecule has 0 aromatic rings. The number of aliphatic carboxylic acids is 1. The van der Waals surface area contributed by atoms with Gasteiger partial charge in [0.25, 0.3) is 0 Å². The summed E-state index contributed by atoms with van der Waals surface area (Å²) in [4.78, 5) is 25.2. The fraction of sp³-hybridized carbons (Fsp3) is 0.667. The lowest BCUT2D eigenvalue weighted by Crippen LogP contribution is -2.38. The van der Waals surface area contributed by atoms with Gasteiger partial charge in [-0.2, -0.15) is 12.6 Å². The van der Waals surface area contributed by atoms with Crippen LogP contribution >= 0.6 is 20.2 Å². The molecule has 2 atom stereocenters. The summed E-state index contributed by atoms with van der Waals surface area (Å²) < 4.78 is 10.4. The van der Waals surface area contributed by atoms with Crippen LogP contribution < -0.4 is 5.73 Å². The normalized spacial score (nSPS) is 17.5. The van der Waals surface area contributed by atoms with Crippen LogP contribution in [0.25, 0.3) is 0 Å². The van der Waals surface area contributed by atoms with Crippen molar-refractivity contribution in [3.05, 3.63) is 0 Å². The third-order valence-corrected chi connectivity index (χ3v) is 3.19. The van der Waals surface area contributed by atoms with Gasteiger partial charge in [0.15, 0.2) is 0 Å². The minimum Gasteiger partial charge on any atom is -0.480 e. The molecule has 0 radical (unpaired) electrons. The summed E-state index contributed by atoms with van der Waals surface area (Å²) in [6.07, 6.45) is 0. The van der Waals surface area contributed by atoms with E-state index in [0.717, 1.165) is 0 Å². The zero-order valence-corrected chi connectivity index (χ0v) is 7.07. The predicted octanol–water partition coefficient (Wildman–Crippen LogP) is -1.17. The Bertz CT molecular complexity index is 202. The molecule has 0 rings (SSSR count). The molecule has 0 aliphatic rings. The van der Waals surface area contributed by atoms with Crippen molar-refractivity contribution in [2.45, 2.75) is 11.0 Å². The fourth-order valence-electron chi connectivity index (χ4n) is 0.337. The lowest BCUT2D eigenvalue weighted by atomic mass is 10.4. The second-order valence-electron chi connectivity index (χ2n) is 1.87. The molecular formula is C3H8NO5PS. The fourth-order valence-corrected chi connectivity index (χ4v) is 1.01. The molecule has 0 saturated heterocycles. The van der Waals surface area contributed by atoms with Crippen molar-refractivity contribution >= 4 is 26.2 Å². The van der Waals surface area contributed by atoms with Gasteiger partial charge in [0.05, 0.1) is 0 Å². The van der Waals surface area contributed by atoms with Gasteiger partial charge in [0.2, 0.25) is 0 Å². The van der Waals surface area contributed by atoms with E-state index >= 15 is 0 Å². The number of hydrogen-bond acceptors (Lipinski definition) is 4. The van der Waals surface area contributed by atoms with Gasteiger partial charge in [-0.3, -0.25) is 9.36 Å². The topological polar surface area (TPSA) is 121 Å². The highest BCUT2D eigenvalue weighted by Crippen LogP contribution is 2.44. The summed E-state index contributed by atoms with van der Waals surface area (Å²) in [5.41, 5.74) is 4.88. The van der Waals surface area contributed by atoms with E-state index in [2.05, 4.69) is 12.6 Å². The minimum atomic E-state index is -4.51. The molecule has 0 amide bonds. The average molecular weight is 201 g/mol. The lowest BCUT2D eigenvalue weighted by Gasteiger charge is -2.15. The Morgan fingerprint density at radius 1 is 1.55 bits per heavy atom. The number of carboxylic acids is 1. The standard InChI is InChI=1S/C3H8NO5PS/c4-1(2(5)6)3(11)10(7,8)9/h1,3,11H,4H2,(H,5,6)(H2,7,8,9). The summed E-state index contributed by atoms with van der Waals surface area (Å²) in [6.45, 7) is 0. The number of carbonyl (C=O) groups is 1. The van der Waals surface area contributed by atoms with E-state index in [1.165, 1.54) is 0 Å². The van der Waals surface area contributed by atoms with Gasteiger partial charge >= 0.3 is 13.6 Å². The van der Waals surface area contributed by atoms with E-state index in [1.807, 2.05) is 0 Å². The zero-order chi connectivity index (χ0) is 9.23. The third-order valence-electron chi connectivity index (χ3n) is 0.951. The van der Waals surface area contributed by atoms with Gasteiger partial charge in [-0.15, -0.1) is 0 Å². The highest BCUT2D eigenvalue weighted by Gasteiger charge is 2.34. The molecule has 0 heterocycles. The molecule has 2 unspecified atom stereocenters. The molecule has 0 fully saturated rings. The van der Waals surface area contributed by atoms with Gasteiger partial charge in [-0.1, -0.05) is 0 Å². The van der Waals surface area contributed by atoms with Crippen LogP contribution in [-0.4, -0.2) is 31.9 Å². The molecule has 0 aromatic heterocycles. The van der Waals surface area contributed by atoms with Crippen molar-refractivity contribution in [2.75, 3.05) is 0 Å². The summed E-state index contributed by atoms with van der Waals surface area (Å²) in [5, 5.41) is 8.20. The van der Waals surface area contributed by atoms with Crippen molar-refractivity contribution in [3.63, 3.8) is 0 Å². The SMILES string of the molecule is NC(C(=O)O)C(S)P(=O)(O)O. The predicted molar refractivity (Wildman–Crippen MR) is 40.4 cm³/mol. The molecule has 0 aromatic carbocycles. The molecular weight excluding hydrogens is 193 g/mol. The Hall–Kier alpha value is -0.0700. The molecule has 0 spiro atoms. The molecule has 11 heavy (non-hydrogen) atoms. The molecule has 6 nitrogen and oxygen atoms in total. The first-order valence-electron chi connectivity index (χ1n) is 2.48. The Morgan fingerprint density at radius 3 is 2.00 bits per heavy atom. The zero-order valence-electron chi connectivity index (χ0n) is 5.28. The Morgan fingerprint density at radius 2 is 1.91 bits per heavy atom.